The van der Waals surface area contributed by atoms with Gasteiger partial charge in [0.25, 0.3) is 0 Å². The Balaban J connectivity index is 3.24. The quantitative estimate of drug-likeness (QED) is 0.642. The largest absolute Gasteiger partial charge is 0.461 e. The number of tetrazole rings is 1. The average Bonchev–Trinajstić information content (AvgIpc) is 2.49. The number of aromatic nitrogens is 4. The molecule has 0 radical (unpaired) electrons. The molecule has 1 aromatic rings. The van der Waals surface area contributed by atoms with Gasteiger partial charge >= 0.3 is 12.1 Å². The molecule has 1 rings (SSSR count). The van der Waals surface area contributed by atoms with Crippen LogP contribution in [0.5, 0.6) is 0 Å². The molecule has 0 N–H and O–H groups in total. The zero-order valence-corrected chi connectivity index (χ0v) is 6.13. The van der Waals surface area contributed by atoms with Crippen molar-refractivity contribution in [3.8, 4) is 6.19 Å². The van der Waals surface area contributed by atoms with Crippen LogP contribution in [0.1, 0.15) is 5.82 Å². The topological polar surface area (TPSA) is 67.4 Å². The summed E-state index contributed by atoms with van der Waals surface area (Å²) < 4.78 is 59.9. The van der Waals surface area contributed by atoms with Gasteiger partial charge in [-0.3, -0.25) is 0 Å². The lowest BCUT2D eigenvalue weighted by atomic mass is 10.3. The molecule has 10 heteroatoms. The Morgan fingerprint density at radius 1 is 1.21 bits per heavy atom. The van der Waals surface area contributed by atoms with Gasteiger partial charge in [0.05, 0.1) is 0 Å². The van der Waals surface area contributed by atoms with Crippen LogP contribution in [0.25, 0.3) is 0 Å². The van der Waals surface area contributed by atoms with E-state index in [-0.39, 0.29) is 4.68 Å². The summed E-state index contributed by atoms with van der Waals surface area (Å²) in [6.07, 6.45) is -4.88. The van der Waals surface area contributed by atoms with Crippen molar-refractivity contribution >= 4 is 0 Å². The summed E-state index contributed by atoms with van der Waals surface area (Å²) in [5.74, 6) is -7.10. The Labute approximate surface area is 72.7 Å². The van der Waals surface area contributed by atoms with Crippen LogP contribution in [0.15, 0.2) is 0 Å². The molecular weight excluding hydrogens is 213 g/mol. The van der Waals surface area contributed by atoms with Crippen molar-refractivity contribution in [3.05, 3.63) is 5.82 Å². The van der Waals surface area contributed by atoms with Gasteiger partial charge in [-0.1, -0.05) is 0 Å². The van der Waals surface area contributed by atoms with Crippen LogP contribution in [-0.4, -0.2) is 26.4 Å². The number of alkyl halides is 5. The van der Waals surface area contributed by atoms with Crippen LogP contribution >= 0.6 is 0 Å². The molecule has 0 saturated heterocycles. The molecule has 1 heterocycles. The smallest absolute Gasteiger partial charge is 0.187 e. The fraction of sp³-hybridized carbons (Fsp3) is 0.500. The van der Waals surface area contributed by atoms with Gasteiger partial charge in [-0.2, -0.15) is 27.2 Å². The van der Waals surface area contributed by atoms with Crippen LogP contribution < -0.4 is 0 Å². The van der Waals surface area contributed by atoms with Gasteiger partial charge in [0.15, 0.2) is 0 Å². The van der Waals surface area contributed by atoms with Crippen molar-refractivity contribution < 1.29 is 22.0 Å². The molecule has 0 aliphatic carbocycles. The first-order chi connectivity index (χ1) is 6.30. The SMILES string of the molecule is N#Cn1nnnc1C(F)(F)C(F)(F)F. The molecule has 1 aromatic heterocycles. The van der Waals surface area contributed by atoms with Crippen LogP contribution in [-0.2, 0) is 5.92 Å². The summed E-state index contributed by atoms with van der Waals surface area (Å²) in [4.78, 5) is 0. The molecule has 0 atom stereocenters. The van der Waals surface area contributed by atoms with E-state index in [1.165, 1.54) is 0 Å². The van der Waals surface area contributed by atoms with Crippen LogP contribution in [0.2, 0.25) is 0 Å². The lowest BCUT2D eigenvalue weighted by Crippen LogP contribution is -2.36. The highest BCUT2D eigenvalue weighted by atomic mass is 19.4. The molecule has 76 valence electrons. The van der Waals surface area contributed by atoms with Crippen LogP contribution in [0.3, 0.4) is 0 Å². The maximum Gasteiger partial charge on any atom is 0.461 e. The Kier molecular flexibility index (Phi) is 2.10. The van der Waals surface area contributed by atoms with Crippen molar-refractivity contribution in [1.29, 1.82) is 5.26 Å². The maximum absolute atomic E-state index is 12.5. The fourth-order valence-corrected chi connectivity index (χ4v) is 0.577. The highest BCUT2D eigenvalue weighted by molar-refractivity contribution is 5.02. The second kappa shape index (κ2) is 2.86. The number of hydrogen-bond donors (Lipinski definition) is 0. The second-order valence-electron chi connectivity index (χ2n) is 2.09. The van der Waals surface area contributed by atoms with E-state index in [0.29, 0.717) is 0 Å². The number of nitrogens with zero attached hydrogens (tertiary/aromatic N) is 5. The summed E-state index contributed by atoms with van der Waals surface area (Å²) in [6, 6.07) is 0. The zero-order chi connectivity index (χ0) is 11.0. The standard InChI is InChI=1S/C4F5N5/c5-3(6,4(7,8)9)2-11-12-13-14(2)1-10. The monoisotopic (exact) mass is 213 g/mol. The summed E-state index contributed by atoms with van der Waals surface area (Å²) in [5.41, 5.74) is 0. The number of halogens is 5. The van der Waals surface area contributed by atoms with Gasteiger partial charge in [0.2, 0.25) is 12.0 Å². The summed E-state index contributed by atoms with van der Waals surface area (Å²) in [7, 11) is 0. The zero-order valence-electron chi connectivity index (χ0n) is 6.13. The molecule has 0 saturated carbocycles. The van der Waals surface area contributed by atoms with E-state index in [0.717, 1.165) is 6.19 Å². The second-order valence-corrected chi connectivity index (χ2v) is 2.09. The first kappa shape index (κ1) is 10.3. The van der Waals surface area contributed by atoms with Crippen molar-refractivity contribution in [2.24, 2.45) is 0 Å². The van der Waals surface area contributed by atoms with E-state index in [2.05, 4.69) is 15.5 Å². The van der Waals surface area contributed by atoms with E-state index < -0.39 is 17.9 Å². The van der Waals surface area contributed by atoms with E-state index in [9.17, 15) is 22.0 Å². The van der Waals surface area contributed by atoms with Crippen molar-refractivity contribution in [2.75, 3.05) is 0 Å². The third-order valence-electron chi connectivity index (χ3n) is 1.20. The minimum absolute atomic E-state index is 0.298. The first-order valence-electron chi connectivity index (χ1n) is 2.94. The van der Waals surface area contributed by atoms with E-state index >= 15 is 0 Å². The first-order valence-corrected chi connectivity index (χ1v) is 2.94. The normalized spacial score (nSPS) is 12.6. The molecule has 0 unspecified atom stereocenters. The summed E-state index contributed by atoms with van der Waals surface area (Å²) in [6.45, 7) is 0. The van der Waals surface area contributed by atoms with E-state index in [1.54, 1.807) is 0 Å². The summed E-state index contributed by atoms with van der Waals surface area (Å²) >= 11 is 0. The number of rotatable bonds is 1. The minimum Gasteiger partial charge on any atom is -0.187 e. The van der Waals surface area contributed by atoms with Gasteiger partial charge in [0, 0.05) is 0 Å². The lowest BCUT2D eigenvalue weighted by Gasteiger charge is -2.16. The van der Waals surface area contributed by atoms with Crippen LogP contribution in [0.4, 0.5) is 22.0 Å². The molecule has 5 nitrogen and oxygen atoms in total. The Hall–Kier alpha value is -1.79. The molecule has 0 amide bonds. The van der Waals surface area contributed by atoms with Crippen molar-refractivity contribution in [3.63, 3.8) is 0 Å². The van der Waals surface area contributed by atoms with Gasteiger partial charge in [0.1, 0.15) is 0 Å². The molecule has 0 bridgehead atoms. The van der Waals surface area contributed by atoms with E-state index in [1.807, 2.05) is 0 Å². The minimum atomic E-state index is -5.84. The van der Waals surface area contributed by atoms with Crippen molar-refractivity contribution in [2.45, 2.75) is 12.1 Å². The molecule has 0 aromatic carbocycles. The Morgan fingerprint density at radius 3 is 2.21 bits per heavy atom. The maximum atomic E-state index is 12.5. The Bertz CT molecular complexity index is 372. The van der Waals surface area contributed by atoms with Gasteiger partial charge in [-0.15, -0.1) is 9.78 Å². The van der Waals surface area contributed by atoms with Crippen molar-refractivity contribution in [1.82, 2.24) is 20.2 Å². The highest BCUT2D eigenvalue weighted by Crippen LogP contribution is 2.42. The van der Waals surface area contributed by atoms with E-state index in [4.69, 9.17) is 5.26 Å². The van der Waals surface area contributed by atoms with Gasteiger partial charge in [-0.05, 0) is 10.4 Å². The predicted molar refractivity (Wildman–Crippen MR) is 28.8 cm³/mol. The Morgan fingerprint density at radius 2 is 1.79 bits per heavy atom. The predicted octanol–water partition coefficient (Wildman–Crippen LogP) is 0.656. The third kappa shape index (κ3) is 1.36. The molecule has 0 spiro atoms. The third-order valence-corrected chi connectivity index (χ3v) is 1.20. The molecule has 0 fully saturated rings. The molecule has 14 heavy (non-hydrogen) atoms. The highest BCUT2D eigenvalue weighted by Gasteiger charge is 2.62. The number of nitriles is 1. The van der Waals surface area contributed by atoms with Gasteiger partial charge in [-0.25, -0.2) is 0 Å². The fourth-order valence-electron chi connectivity index (χ4n) is 0.577. The molecule has 0 aliphatic rings. The lowest BCUT2D eigenvalue weighted by molar-refractivity contribution is -0.293. The number of hydrogen-bond acceptors (Lipinski definition) is 4. The molecule has 0 aliphatic heterocycles. The van der Waals surface area contributed by atoms with Gasteiger partial charge < -0.3 is 0 Å². The molecular formula is C4F5N5. The van der Waals surface area contributed by atoms with Crippen LogP contribution in [0, 0.1) is 11.5 Å². The summed E-state index contributed by atoms with van der Waals surface area (Å²) in [5, 5.41) is 15.7. The average molecular weight is 213 g/mol.